The van der Waals surface area contributed by atoms with E-state index in [9.17, 15) is 4.79 Å². The number of rotatable bonds is 3. The highest BCUT2D eigenvalue weighted by molar-refractivity contribution is 5.87. The molecule has 1 atom stereocenters. The standard InChI is InChI=1S/C16H18O2/c1-6-11-16(5,18-15(17)12(2)3)14-9-7-13(4)8-10-14/h7-10H,2H2,1,3-5H3. The lowest BCUT2D eigenvalue weighted by molar-refractivity contribution is -0.148. The fraction of sp³-hybridized carbons (Fsp3) is 0.312. The lowest BCUT2D eigenvalue weighted by Crippen LogP contribution is -2.28. The van der Waals surface area contributed by atoms with Gasteiger partial charge in [0.1, 0.15) is 0 Å². The molecule has 2 nitrogen and oxygen atoms in total. The number of hydrogen-bond acceptors (Lipinski definition) is 2. The highest BCUT2D eigenvalue weighted by Gasteiger charge is 2.29. The molecule has 0 spiro atoms. The van der Waals surface area contributed by atoms with Gasteiger partial charge in [-0.1, -0.05) is 42.3 Å². The topological polar surface area (TPSA) is 26.3 Å². The maximum Gasteiger partial charge on any atom is 0.334 e. The van der Waals surface area contributed by atoms with Gasteiger partial charge in [-0.05, 0) is 27.7 Å². The third-order valence-electron chi connectivity index (χ3n) is 2.61. The van der Waals surface area contributed by atoms with E-state index in [0.717, 1.165) is 11.1 Å². The number of aryl methyl sites for hydroxylation is 1. The zero-order valence-electron chi connectivity index (χ0n) is 11.3. The van der Waals surface area contributed by atoms with Crippen molar-refractivity contribution in [3.63, 3.8) is 0 Å². The van der Waals surface area contributed by atoms with Gasteiger partial charge in [0.2, 0.25) is 0 Å². The fourth-order valence-electron chi connectivity index (χ4n) is 1.54. The maximum atomic E-state index is 11.7. The summed E-state index contributed by atoms with van der Waals surface area (Å²) in [7, 11) is 0. The van der Waals surface area contributed by atoms with Crippen LogP contribution in [0.1, 0.15) is 31.9 Å². The molecule has 0 saturated carbocycles. The number of ether oxygens (including phenoxy) is 1. The molecular weight excluding hydrogens is 224 g/mol. The molecule has 0 heterocycles. The smallest absolute Gasteiger partial charge is 0.334 e. The summed E-state index contributed by atoms with van der Waals surface area (Å²) in [6.45, 7) is 10.7. The van der Waals surface area contributed by atoms with Crippen LogP contribution < -0.4 is 0 Å². The molecule has 0 saturated heterocycles. The van der Waals surface area contributed by atoms with E-state index in [1.54, 1.807) is 20.8 Å². The summed E-state index contributed by atoms with van der Waals surface area (Å²) < 4.78 is 5.45. The molecule has 0 aliphatic rings. The number of hydrogen-bond donors (Lipinski definition) is 0. The molecule has 94 valence electrons. The minimum absolute atomic E-state index is 0.367. The Morgan fingerprint density at radius 2 is 1.89 bits per heavy atom. The van der Waals surface area contributed by atoms with Crippen LogP contribution in [0.25, 0.3) is 0 Å². The second-order valence-corrected chi connectivity index (χ2v) is 4.44. The molecule has 0 fully saturated rings. The molecule has 0 radical (unpaired) electrons. The Morgan fingerprint density at radius 3 is 2.33 bits per heavy atom. The van der Waals surface area contributed by atoms with Crippen molar-refractivity contribution in [2.45, 2.75) is 33.3 Å². The third-order valence-corrected chi connectivity index (χ3v) is 2.61. The minimum atomic E-state index is -0.932. The molecule has 0 aliphatic heterocycles. The van der Waals surface area contributed by atoms with Crippen molar-refractivity contribution < 1.29 is 9.53 Å². The number of benzene rings is 1. The Labute approximate surface area is 109 Å². The first-order chi connectivity index (χ1) is 8.39. The van der Waals surface area contributed by atoms with Crippen molar-refractivity contribution in [2.75, 3.05) is 0 Å². The molecule has 18 heavy (non-hydrogen) atoms. The van der Waals surface area contributed by atoms with Gasteiger partial charge in [0.15, 0.2) is 5.60 Å². The average molecular weight is 242 g/mol. The average Bonchev–Trinajstić information content (AvgIpc) is 2.29. The van der Waals surface area contributed by atoms with Gasteiger partial charge in [-0.2, -0.15) is 0 Å². The zero-order chi connectivity index (χ0) is 13.8. The molecule has 0 amide bonds. The summed E-state index contributed by atoms with van der Waals surface area (Å²) in [5, 5.41) is 0. The first kappa shape index (κ1) is 14.1. The Bertz CT molecular complexity index is 514. The van der Waals surface area contributed by atoms with Crippen molar-refractivity contribution in [2.24, 2.45) is 0 Å². The van der Waals surface area contributed by atoms with Crippen molar-refractivity contribution in [1.82, 2.24) is 0 Å². The summed E-state index contributed by atoms with van der Waals surface area (Å²) in [4.78, 5) is 11.7. The van der Waals surface area contributed by atoms with E-state index >= 15 is 0 Å². The van der Waals surface area contributed by atoms with Gasteiger partial charge in [0.25, 0.3) is 0 Å². The molecule has 0 bridgehead atoms. The molecule has 1 rings (SSSR count). The van der Waals surface area contributed by atoms with Crippen molar-refractivity contribution in [3.05, 3.63) is 47.5 Å². The summed E-state index contributed by atoms with van der Waals surface area (Å²) in [6, 6.07) is 7.79. The van der Waals surface area contributed by atoms with Gasteiger partial charge in [-0.15, -0.1) is 5.92 Å². The van der Waals surface area contributed by atoms with E-state index in [-0.39, 0.29) is 0 Å². The van der Waals surface area contributed by atoms with E-state index < -0.39 is 11.6 Å². The molecule has 2 heteroatoms. The number of esters is 1. The van der Waals surface area contributed by atoms with Gasteiger partial charge in [0, 0.05) is 11.1 Å². The molecule has 1 aromatic carbocycles. The monoisotopic (exact) mass is 242 g/mol. The highest BCUT2D eigenvalue weighted by atomic mass is 16.6. The number of carbonyl (C=O) groups is 1. The van der Waals surface area contributed by atoms with Crippen LogP contribution >= 0.6 is 0 Å². The predicted molar refractivity (Wildman–Crippen MR) is 72.9 cm³/mol. The van der Waals surface area contributed by atoms with Crippen LogP contribution in [-0.2, 0) is 15.1 Å². The Kier molecular flexibility index (Phi) is 4.33. The first-order valence-corrected chi connectivity index (χ1v) is 5.79. The van der Waals surface area contributed by atoms with E-state index in [1.165, 1.54) is 0 Å². The van der Waals surface area contributed by atoms with Crippen LogP contribution in [0, 0.1) is 18.8 Å². The lowest BCUT2D eigenvalue weighted by atomic mass is 9.95. The SMILES string of the molecule is C=C(C)C(=O)OC(C)(C#CC)c1ccc(C)cc1. The maximum absolute atomic E-state index is 11.7. The van der Waals surface area contributed by atoms with Crippen LogP contribution in [-0.4, -0.2) is 5.97 Å². The fourth-order valence-corrected chi connectivity index (χ4v) is 1.54. The van der Waals surface area contributed by atoms with Crippen LogP contribution in [0.4, 0.5) is 0 Å². The molecule has 1 aromatic rings. The zero-order valence-corrected chi connectivity index (χ0v) is 11.3. The minimum Gasteiger partial charge on any atom is -0.438 e. The molecule has 0 aromatic heterocycles. The van der Waals surface area contributed by atoms with Crippen molar-refractivity contribution >= 4 is 5.97 Å². The normalized spacial score (nSPS) is 12.9. The summed E-state index contributed by atoms with van der Waals surface area (Å²) in [5.74, 6) is 5.33. The summed E-state index contributed by atoms with van der Waals surface area (Å²) in [6.07, 6.45) is 0. The van der Waals surface area contributed by atoms with Gasteiger partial charge in [0.05, 0.1) is 0 Å². The summed E-state index contributed by atoms with van der Waals surface area (Å²) >= 11 is 0. The summed E-state index contributed by atoms with van der Waals surface area (Å²) in [5.41, 5.74) is 1.44. The van der Waals surface area contributed by atoms with Crippen molar-refractivity contribution in [1.29, 1.82) is 0 Å². The lowest BCUT2D eigenvalue weighted by Gasteiger charge is -2.25. The highest BCUT2D eigenvalue weighted by Crippen LogP contribution is 2.26. The third kappa shape index (κ3) is 3.24. The van der Waals surface area contributed by atoms with E-state index in [1.807, 2.05) is 31.2 Å². The largest absolute Gasteiger partial charge is 0.438 e. The quantitative estimate of drug-likeness (QED) is 0.461. The molecule has 0 N–H and O–H groups in total. The van der Waals surface area contributed by atoms with Crippen LogP contribution in [0.15, 0.2) is 36.4 Å². The first-order valence-electron chi connectivity index (χ1n) is 5.79. The van der Waals surface area contributed by atoms with Gasteiger partial charge < -0.3 is 4.74 Å². The predicted octanol–water partition coefficient (Wildman–Crippen LogP) is 3.35. The molecule has 1 unspecified atom stereocenters. The Morgan fingerprint density at radius 1 is 1.33 bits per heavy atom. The van der Waals surface area contributed by atoms with Crippen LogP contribution in [0.3, 0.4) is 0 Å². The molecular formula is C16H18O2. The Balaban J connectivity index is 3.13. The van der Waals surface area contributed by atoms with Gasteiger partial charge in [-0.3, -0.25) is 0 Å². The van der Waals surface area contributed by atoms with Crippen LogP contribution in [0.2, 0.25) is 0 Å². The number of carbonyl (C=O) groups excluding carboxylic acids is 1. The van der Waals surface area contributed by atoms with Crippen molar-refractivity contribution in [3.8, 4) is 11.8 Å². The van der Waals surface area contributed by atoms with Gasteiger partial charge >= 0.3 is 5.97 Å². The van der Waals surface area contributed by atoms with Crippen LogP contribution in [0.5, 0.6) is 0 Å². The van der Waals surface area contributed by atoms with E-state index in [0.29, 0.717) is 5.57 Å². The second-order valence-electron chi connectivity index (χ2n) is 4.44. The Hall–Kier alpha value is -2.01. The van der Waals surface area contributed by atoms with E-state index in [4.69, 9.17) is 4.74 Å². The van der Waals surface area contributed by atoms with E-state index in [2.05, 4.69) is 18.4 Å². The van der Waals surface area contributed by atoms with Gasteiger partial charge in [-0.25, -0.2) is 4.79 Å². The molecule has 0 aliphatic carbocycles. The second kappa shape index (κ2) is 5.55.